The van der Waals surface area contributed by atoms with E-state index >= 15 is 0 Å². The van der Waals surface area contributed by atoms with Crippen molar-refractivity contribution in [2.75, 3.05) is 4.90 Å². The summed E-state index contributed by atoms with van der Waals surface area (Å²) < 4.78 is 5.36. The standard InChI is InChI=1S/C27H23NO2/c1-2-27(29)30-26-15-9-10-22(20-26)21-16-18-25(19-17-21)28(23-11-5-3-6-12-23)24-13-7-4-8-14-24/h3-20H,2H2,1H3. The van der Waals surface area contributed by atoms with Crippen LogP contribution in [0, 0.1) is 0 Å². The first-order chi connectivity index (χ1) is 14.7. The quantitative estimate of drug-likeness (QED) is 0.257. The average molecular weight is 393 g/mol. The molecule has 0 bridgehead atoms. The molecule has 0 saturated carbocycles. The summed E-state index contributed by atoms with van der Waals surface area (Å²) in [5, 5.41) is 0. The summed E-state index contributed by atoms with van der Waals surface area (Å²) >= 11 is 0. The maximum atomic E-state index is 11.6. The van der Waals surface area contributed by atoms with Gasteiger partial charge in [0.05, 0.1) is 0 Å². The van der Waals surface area contributed by atoms with Gasteiger partial charge in [0.2, 0.25) is 0 Å². The molecule has 0 spiro atoms. The van der Waals surface area contributed by atoms with Crippen molar-refractivity contribution in [2.45, 2.75) is 13.3 Å². The Kier molecular flexibility index (Phi) is 5.90. The molecule has 0 aliphatic carbocycles. The molecule has 4 aromatic rings. The number of carbonyl (C=O) groups is 1. The van der Waals surface area contributed by atoms with Crippen LogP contribution in [0.3, 0.4) is 0 Å². The molecule has 0 saturated heterocycles. The first kappa shape index (κ1) is 19.5. The fourth-order valence-corrected chi connectivity index (χ4v) is 3.35. The molecule has 0 aliphatic heterocycles. The molecule has 0 heterocycles. The number of rotatable bonds is 6. The van der Waals surface area contributed by atoms with Crippen LogP contribution in [0.15, 0.2) is 109 Å². The zero-order valence-electron chi connectivity index (χ0n) is 16.9. The SMILES string of the molecule is CCC(=O)Oc1cccc(-c2ccc(N(c3ccccc3)c3ccccc3)cc2)c1. The third kappa shape index (κ3) is 4.41. The van der Waals surface area contributed by atoms with Gasteiger partial charge in [-0.25, -0.2) is 0 Å². The van der Waals surface area contributed by atoms with Crippen LogP contribution >= 0.6 is 0 Å². The van der Waals surface area contributed by atoms with Gasteiger partial charge >= 0.3 is 5.97 Å². The number of anilines is 3. The zero-order chi connectivity index (χ0) is 20.8. The van der Waals surface area contributed by atoms with E-state index in [1.54, 1.807) is 13.0 Å². The van der Waals surface area contributed by atoms with Gasteiger partial charge in [-0.2, -0.15) is 0 Å². The number of nitrogens with zero attached hydrogens (tertiary/aromatic N) is 1. The Labute approximate surface area is 177 Å². The highest BCUT2D eigenvalue weighted by Crippen LogP contribution is 2.35. The van der Waals surface area contributed by atoms with Gasteiger partial charge in [-0.15, -0.1) is 0 Å². The van der Waals surface area contributed by atoms with Gasteiger partial charge in [-0.3, -0.25) is 4.79 Å². The van der Waals surface area contributed by atoms with Crippen LogP contribution in [0.1, 0.15) is 13.3 Å². The Bertz CT molecular complexity index is 1070. The summed E-state index contributed by atoms with van der Waals surface area (Å²) in [6.45, 7) is 1.79. The lowest BCUT2D eigenvalue weighted by Crippen LogP contribution is -2.09. The Morgan fingerprint density at radius 1 is 0.667 bits per heavy atom. The minimum atomic E-state index is -0.233. The number of esters is 1. The topological polar surface area (TPSA) is 29.5 Å². The average Bonchev–Trinajstić information content (AvgIpc) is 2.81. The van der Waals surface area contributed by atoms with E-state index in [9.17, 15) is 4.79 Å². The van der Waals surface area contributed by atoms with Crippen LogP contribution in [-0.4, -0.2) is 5.97 Å². The molecule has 0 radical (unpaired) electrons. The molecule has 0 N–H and O–H groups in total. The molecule has 0 aromatic heterocycles. The van der Waals surface area contributed by atoms with Crippen molar-refractivity contribution >= 4 is 23.0 Å². The summed E-state index contributed by atoms with van der Waals surface area (Å²) in [7, 11) is 0. The Morgan fingerprint density at radius 3 is 1.80 bits per heavy atom. The van der Waals surface area contributed by atoms with Crippen LogP contribution in [-0.2, 0) is 4.79 Å². The molecule has 0 fully saturated rings. The summed E-state index contributed by atoms with van der Waals surface area (Å²) in [5.74, 6) is 0.336. The summed E-state index contributed by atoms with van der Waals surface area (Å²) in [4.78, 5) is 13.8. The van der Waals surface area contributed by atoms with Crippen LogP contribution in [0.4, 0.5) is 17.1 Å². The molecule has 0 atom stereocenters. The van der Waals surface area contributed by atoms with E-state index in [1.165, 1.54) is 0 Å². The molecular weight excluding hydrogens is 370 g/mol. The van der Waals surface area contributed by atoms with E-state index in [4.69, 9.17) is 4.74 Å². The van der Waals surface area contributed by atoms with Crippen molar-refractivity contribution in [3.05, 3.63) is 109 Å². The fourth-order valence-electron chi connectivity index (χ4n) is 3.35. The Morgan fingerprint density at radius 2 is 1.23 bits per heavy atom. The number of ether oxygens (including phenoxy) is 1. The molecule has 3 heteroatoms. The van der Waals surface area contributed by atoms with Gasteiger partial charge in [-0.05, 0) is 59.7 Å². The highest BCUT2D eigenvalue weighted by Gasteiger charge is 2.12. The number of para-hydroxylation sites is 2. The van der Waals surface area contributed by atoms with Crippen LogP contribution in [0.2, 0.25) is 0 Å². The van der Waals surface area contributed by atoms with Crippen molar-refractivity contribution < 1.29 is 9.53 Å². The van der Waals surface area contributed by atoms with Crippen LogP contribution in [0.25, 0.3) is 11.1 Å². The zero-order valence-corrected chi connectivity index (χ0v) is 16.9. The second-order valence-electron chi connectivity index (χ2n) is 6.91. The number of hydrogen-bond acceptors (Lipinski definition) is 3. The molecule has 148 valence electrons. The maximum Gasteiger partial charge on any atom is 0.310 e. The van der Waals surface area contributed by atoms with Gasteiger partial charge in [0.25, 0.3) is 0 Å². The number of hydrogen-bond donors (Lipinski definition) is 0. The molecule has 4 aromatic carbocycles. The van der Waals surface area contributed by atoms with Crippen LogP contribution < -0.4 is 9.64 Å². The summed E-state index contributed by atoms with van der Waals surface area (Å²) in [6, 6.07) is 36.7. The highest BCUT2D eigenvalue weighted by atomic mass is 16.5. The predicted octanol–water partition coefficient (Wildman–Crippen LogP) is 7.14. The second-order valence-corrected chi connectivity index (χ2v) is 6.91. The monoisotopic (exact) mass is 393 g/mol. The van der Waals surface area contributed by atoms with Gasteiger partial charge in [-0.1, -0.05) is 67.6 Å². The van der Waals surface area contributed by atoms with E-state index in [1.807, 2.05) is 54.6 Å². The van der Waals surface area contributed by atoms with Gasteiger partial charge in [0.15, 0.2) is 0 Å². The van der Waals surface area contributed by atoms with E-state index in [0.717, 1.165) is 28.2 Å². The predicted molar refractivity (Wildman–Crippen MR) is 122 cm³/mol. The summed E-state index contributed by atoms with van der Waals surface area (Å²) in [6.07, 6.45) is 0.355. The normalized spacial score (nSPS) is 10.4. The minimum absolute atomic E-state index is 0.233. The molecule has 0 unspecified atom stereocenters. The lowest BCUT2D eigenvalue weighted by atomic mass is 10.0. The molecule has 0 aliphatic rings. The smallest absolute Gasteiger partial charge is 0.310 e. The van der Waals surface area contributed by atoms with Crippen molar-refractivity contribution in [1.29, 1.82) is 0 Å². The first-order valence-corrected chi connectivity index (χ1v) is 10.1. The van der Waals surface area contributed by atoms with Crippen molar-refractivity contribution in [1.82, 2.24) is 0 Å². The molecule has 0 amide bonds. The van der Waals surface area contributed by atoms with Crippen molar-refractivity contribution in [3.8, 4) is 16.9 Å². The van der Waals surface area contributed by atoms with E-state index in [-0.39, 0.29) is 5.97 Å². The Balaban J connectivity index is 1.66. The summed E-state index contributed by atoms with van der Waals surface area (Å²) in [5.41, 5.74) is 5.35. The third-order valence-corrected chi connectivity index (χ3v) is 4.84. The third-order valence-electron chi connectivity index (χ3n) is 4.84. The van der Waals surface area contributed by atoms with Crippen molar-refractivity contribution in [3.63, 3.8) is 0 Å². The van der Waals surface area contributed by atoms with Gasteiger partial charge in [0, 0.05) is 23.5 Å². The largest absolute Gasteiger partial charge is 0.427 e. The molecular formula is C27H23NO2. The lowest BCUT2D eigenvalue weighted by Gasteiger charge is -2.25. The van der Waals surface area contributed by atoms with Gasteiger partial charge in [0.1, 0.15) is 5.75 Å². The minimum Gasteiger partial charge on any atom is -0.427 e. The molecule has 3 nitrogen and oxygen atoms in total. The molecule has 4 rings (SSSR count). The first-order valence-electron chi connectivity index (χ1n) is 10.1. The van der Waals surface area contributed by atoms with E-state index in [0.29, 0.717) is 12.2 Å². The number of benzene rings is 4. The van der Waals surface area contributed by atoms with Crippen molar-refractivity contribution in [2.24, 2.45) is 0 Å². The van der Waals surface area contributed by atoms with E-state index in [2.05, 4.69) is 53.4 Å². The fraction of sp³-hybridized carbons (Fsp3) is 0.0741. The highest BCUT2D eigenvalue weighted by molar-refractivity contribution is 5.78. The second kappa shape index (κ2) is 9.10. The van der Waals surface area contributed by atoms with Crippen LogP contribution in [0.5, 0.6) is 5.75 Å². The van der Waals surface area contributed by atoms with Gasteiger partial charge < -0.3 is 9.64 Å². The lowest BCUT2D eigenvalue weighted by molar-refractivity contribution is -0.134. The number of carbonyl (C=O) groups excluding carboxylic acids is 1. The van der Waals surface area contributed by atoms with E-state index < -0.39 is 0 Å². The molecule has 30 heavy (non-hydrogen) atoms. The maximum absolute atomic E-state index is 11.6. The Hall–Kier alpha value is -3.85.